The summed E-state index contributed by atoms with van der Waals surface area (Å²) in [5.41, 5.74) is 1.81. The second-order valence-corrected chi connectivity index (χ2v) is 6.72. The lowest BCUT2D eigenvalue weighted by molar-refractivity contribution is -0.216. The molecular weight excluding hydrogens is 328 g/mol. The summed E-state index contributed by atoms with van der Waals surface area (Å²) in [6, 6.07) is 19.3. The first-order valence-electron chi connectivity index (χ1n) is 9.34. The van der Waals surface area contributed by atoms with E-state index in [-0.39, 0.29) is 0 Å². The van der Waals surface area contributed by atoms with Crippen LogP contribution in [0.2, 0.25) is 0 Å². The molecule has 26 heavy (non-hydrogen) atoms. The van der Waals surface area contributed by atoms with Crippen molar-refractivity contribution in [1.29, 1.82) is 0 Å². The number of carbonyl (C=O) groups is 1. The van der Waals surface area contributed by atoms with E-state index in [0.717, 1.165) is 30.4 Å². The molecule has 0 aliphatic carbocycles. The Bertz CT molecular complexity index is 686. The van der Waals surface area contributed by atoms with Gasteiger partial charge in [-0.3, -0.25) is 0 Å². The first-order chi connectivity index (χ1) is 12.7. The minimum absolute atomic E-state index is 0.442. The Morgan fingerprint density at radius 1 is 0.923 bits per heavy atom. The molecule has 0 aromatic heterocycles. The van der Waals surface area contributed by atoms with Crippen LogP contribution in [0.25, 0.3) is 0 Å². The highest BCUT2D eigenvalue weighted by atomic mass is 16.6. The number of rotatable bonds is 7. The first-order valence-corrected chi connectivity index (χ1v) is 9.34. The Kier molecular flexibility index (Phi) is 6.42. The number of hydrogen-bond donors (Lipinski definition) is 1. The Balaban J connectivity index is 1.83. The van der Waals surface area contributed by atoms with Gasteiger partial charge >= 0.3 is 5.97 Å². The molecule has 1 aliphatic heterocycles. The van der Waals surface area contributed by atoms with Gasteiger partial charge in [-0.05, 0) is 17.5 Å². The van der Waals surface area contributed by atoms with Crippen LogP contribution in [0.15, 0.2) is 60.7 Å². The fourth-order valence-corrected chi connectivity index (χ4v) is 3.32. The maximum atomic E-state index is 12.5. The van der Waals surface area contributed by atoms with E-state index in [4.69, 9.17) is 9.47 Å². The predicted octanol–water partition coefficient (Wildman–Crippen LogP) is 4.35. The van der Waals surface area contributed by atoms with Gasteiger partial charge in [0, 0.05) is 0 Å². The molecule has 0 saturated carbocycles. The molecule has 0 amide bonds. The maximum Gasteiger partial charge on any atom is 0.338 e. The minimum Gasteiger partial charge on any atom is -0.452 e. The fourth-order valence-electron chi connectivity index (χ4n) is 3.32. The molecule has 1 fully saturated rings. The molecule has 4 heteroatoms. The number of aliphatic hydroxyl groups is 1. The highest BCUT2D eigenvalue weighted by Crippen LogP contribution is 2.40. The Hall–Kier alpha value is -2.17. The van der Waals surface area contributed by atoms with Crippen LogP contribution >= 0.6 is 0 Å². The molecule has 1 aliphatic rings. The molecule has 4 nitrogen and oxygen atoms in total. The zero-order valence-electron chi connectivity index (χ0n) is 15.1. The SMILES string of the molecule is CCCCC[C@@H](O)[C@H]1O[C@@H](c2ccccc2)[C@H](c2ccccc2)OC1=O. The van der Waals surface area contributed by atoms with E-state index in [1.54, 1.807) is 0 Å². The van der Waals surface area contributed by atoms with E-state index < -0.39 is 30.4 Å². The van der Waals surface area contributed by atoms with E-state index in [1.807, 2.05) is 60.7 Å². The normalized spacial score (nSPS) is 24.1. The number of benzene rings is 2. The third-order valence-corrected chi connectivity index (χ3v) is 4.75. The van der Waals surface area contributed by atoms with Crippen LogP contribution in [0.3, 0.4) is 0 Å². The monoisotopic (exact) mass is 354 g/mol. The summed E-state index contributed by atoms with van der Waals surface area (Å²) in [7, 11) is 0. The maximum absolute atomic E-state index is 12.5. The summed E-state index contributed by atoms with van der Waals surface area (Å²) < 4.78 is 11.9. The topological polar surface area (TPSA) is 55.8 Å². The highest BCUT2D eigenvalue weighted by Gasteiger charge is 2.43. The van der Waals surface area contributed by atoms with Crippen molar-refractivity contribution in [2.24, 2.45) is 0 Å². The van der Waals surface area contributed by atoms with Gasteiger partial charge in [-0.25, -0.2) is 4.79 Å². The lowest BCUT2D eigenvalue weighted by atomic mass is 9.95. The second kappa shape index (κ2) is 8.97. The molecule has 0 radical (unpaired) electrons. The van der Waals surface area contributed by atoms with Gasteiger partial charge in [-0.2, -0.15) is 0 Å². The van der Waals surface area contributed by atoms with Gasteiger partial charge in [0.2, 0.25) is 0 Å². The Labute approximate surface area is 154 Å². The fraction of sp³-hybridized carbons (Fsp3) is 0.409. The van der Waals surface area contributed by atoms with Crippen LogP contribution in [0.4, 0.5) is 0 Å². The first kappa shape index (κ1) is 18.6. The number of cyclic esters (lactones) is 1. The molecule has 3 rings (SSSR count). The zero-order chi connectivity index (χ0) is 18.4. The van der Waals surface area contributed by atoms with Crippen molar-refractivity contribution >= 4 is 5.97 Å². The van der Waals surface area contributed by atoms with Crippen molar-refractivity contribution in [3.05, 3.63) is 71.8 Å². The molecule has 2 aromatic rings. The minimum atomic E-state index is -0.947. The third-order valence-electron chi connectivity index (χ3n) is 4.75. The predicted molar refractivity (Wildman–Crippen MR) is 99.5 cm³/mol. The number of esters is 1. The van der Waals surface area contributed by atoms with Crippen LogP contribution in [-0.4, -0.2) is 23.3 Å². The second-order valence-electron chi connectivity index (χ2n) is 6.72. The summed E-state index contributed by atoms with van der Waals surface area (Å²) in [5, 5.41) is 10.5. The van der Waals surface area contributed by atoms with Crippen molar-refractivity contribution in [2.75, 3.05) is 0 Å². The number of hydrogen-bond acceptors (Lipinski definition) is 4. The van der Waals surface area contributed by atoms with Gasteiger partial charge in [0.15, 0.2) is 12.2 Å². The molecule has 1 heterocycles. The molecule has 2 aromatic carbocycles. The third kappa shape index (κ3) is 4.32. The van der Waals surface area contributed by atoms with Gasteiger partial charge in [0.25, 0.3) is 0 Å². The number of ether oxygens (including phenoxy) is 2. The van der Waals surface area contributed by atoms with Gasteiger partial charge in [0.1, 0.15) is 6.10 Å². The van der Waals surface area contributed by atoms with E-state index in [9.17, 15) is 9.90 Å². The quantitative estimate of drug-likeness (QED) is 0.593. The summed E-state index contributed by atoms with van der Waals surface area (Å²) >= 11 is 0. The van der Waals surface area contributed by atoms with Gasteiger partial charge < -0.3 is 14.6 Å². The Morgan fingerprint density at radius 3 is 2.08 bits per heavy atom. The summed E-state index contributed by atoms with van der Waals surface area (Å²) in [5.74, 6) is -0.491. The average molecular weight is 354 g/mol. The van der Waals surface area contributed by atoms with Crippen molar-refractivity contribution in [3.8, 4) is 0 Å². The zero-order valence-corrected chi connectivity index (χ0v) is 15.1. The van der Waals surface area contributed by atoms with Gasteiger partial charge in [0.05, 0.1) is 6.10 Å². The van der Waals surface area contributed by atoms with Crippen molar-refractivity contribution in [3.63, 3.8) is 0 Å². The molecule has 4 atom stereocenters. The molecule has 1 N–H and O–H groups in total. The van der Waals surface area contributed by atoms with Gasteiger partial charge in [-0.1, -0.05) is 86.8 Å². The highest BCUT2D eigenvalue weighted by molar-refractivity contribution is 5.76. The van der Waals surface area contributed by atoms with Crippen LogP contribution in [-0.2, 0) is 14.3 Å². The Morgan fingerprint density at radius 2 is 1.50 bits per heavy atom. The summed E-state index contributed by atoms with van der Waals surface area (Å²) in [6.45, 7) is 2.10. The van der Waals surface area contributed by atoms with E-state index in [2.05, 4.69) is 6.92 Å². The van der Waals surface area contributed by atoms with Crippen LogP contribution in [0.1, 0.15) is 55.9 Å². The van der Waals surface area contributed by atoms with Crippen LogP contribution in [0.5, 0.6) is 0 Å². The molecule has 1 saturated heterocycles. The lowest BCUT2D eigenvalue weighted by Crippen LogP contribution is -2.45. The van der Waals surface area contributed by atoms with E-state index in [0.29, 0.717) is 6.42 Å². The molecule has 0 bridgehead atoms. The van der Waals surface area contributed by atoms with Crippen molar-refractivity contribution in [1.82, 2.24) is 0 Å². The number of carbonyl (C=O) groups excluding carboxylic acids is 1. The smallest absolute Gasteiger partial charge is 0.338 e. The molecule has 138 valence electrons. The average Bonchev–Trinajstić information content (AvgIpc) is 2.69. The summed E-state index contributed by atoms with van der Waals surface area (Å²) in [4.78, 5) is 12.5. The number of aliphatic hydroxyl groups excluding tert-OH is 1. The molecular formula is C22H26O4. The van der Waals surface area contributed by atoms with Crippen molar-refractivity contribution < 1.29 is 19.4 Å². The summed E-state index contributed by atoms with van der Waals surface area (Å²) in [6.07, 6.45) is 0.717. The lowest BCUT2D eigenvalue weighted by Gasteiger charge is -2.37. The standard InChI is InChI=1S/C22H26O4/c1-2-3-6-15-18(23)21-22(24)26-20(17-13-9-5-10-14-17)19(25-21)16-11-7-4-8-12-16/h4-5,7-14,18-21,23H,2-3,6,15H2,1H3/t18-,19+,20+,21-/m1/s1. The van der Waals surface area contributed by atoms with Gasteiger partial charge in [-0.15, -0.1) is 0 Å². The van der Waals surface area contributed by atoms with Crippen LogP contribution in [0, 0.1) is 0 Å². The molecule has 0 spiro atoms. The van der Waals surface area contributed by atoms with Crippen molar-refractivity contribution in [2.45, 2.75) is 57.0 Å². The number of unbranched alkanes of at least 4 members (excludes halogenated alkanes) is 2. The van der Waals surface area contributed by atoms with E-state index in [1.165, 1.54) is 0 Å². The largest absolute Gasteiger partial charge is 0.452 e. The molecule has 0 unspecified atom stereocenters. The van der Waals surface area contributed by atoms with Crippen LogP contribution < -0.4 is 0 Å². The van der Waals surface area contributed by atoms with E-state index >= 15 is 0 Å².